The number of rotatable bonds is 4. The summed E-state index contributed by atoms with van der Waals surface area (Å²) < 4.78 is 7.35. The zero-order valence-electron chi connectivity index (χ0n) is 17.6. The molecular formula is C26H32NO3+. The number of hydrogen-bond acceptors (Lipinski definition) is 3. The molecule has 3 aliphatic heterocycles. The number of aliphatic hydroxyl groups is 1. The van der Waals surface area contributed by atoms with Crippen molar-refractivity contribution in [1.29, 1.82) is 0 Å². The molecule has 5 rings (SSSR count). The van der Waals surface area contributed by atoms with E-state index in [0.29, 0.717) is 23.2 Å². The smallest absolute Gasteiger partial charge is 0.347 e. The van der Waals surface area contributed by atoms with E-state index in [0.717, 1.165) is 12.8 Å². The predicted molar refractivity (Wildman–Crippen MR) is 116 cm³/mol. The molecule has 2 aromatic carbocycles. The summed E-state index contributed by atoms with van der Waals surface area (Å²) in [7, 11) is 0. The molecule has 0 aromatic heterocycles. The molecule has 0 radical (unpaired) electrons. The minimum Gasteiger partial charge on any atom is -0.459 e. The van der Waals surface area contributed by atoms with Crippen molar-refractivity contribution in [2.24, 2.45) is 0 Å². The SMILES string of the molecule is O=C(OC1CC2CCC(C1)[N+]21CCCCC1)C(O)(c1ccccc1)c1ccccc1. The fourth-order valence-electron chi connectivity index (χ4n) is 6.48. The maximum atomic E-state index is 13.5. The molecule has 158 valence electrons. The minimum atomic E-state index is -1.78. The molecule has 2 aromatic rings. The fourth-order valence-corrected chi connectivity index (χ4v) is 6.48. The number of carbonyl (C=O) groups is 1. The first-order chi connectivity index (χ1) is 14.6. The van der Waals surface area contributed by atoms with Crippen molar-refractivity contribution in [3.63, 3.8) is 0 Å². The van der Waals surface area contributed by atoms with Crippen LogP contribution in [0, 0.1) is 0 Å². The summed E-state index contributed by atoms with van der Waals surface area (Å²) in [5, 5.41) is 11.7. The molecule has 2 atom stereocenters. The third kappa shape index (κ3) is 3.17. The average molecular weight is 407 g/mol. The van der Waals surface area contributed by atoms with Gasteiger partial charge in [-0.15, -0.1) is 0 Å². The van der Waals surface area contributed by atoms with Gasteiger partial charge in [-0.05, 0) is 30.4 Å². The second-order valence-corrected chi connectivity index (χ2v) is 9.44. The summed E-state index contributed by atoms with van der Waals surface area (Å²) >= 11 is 0. The van der Waals surface area contributed by atoms with Crippen LogP contribution < -0.4 is 0 Å². The van der Waals surface area contributed by atoms with E-state index in [9.17, 15) is 9.90 Å². The topological polar surface area (TPSA) is 46.5 Å². The van der Waals surface area contributed by atoms with Crippen LogP contribution in [-0.2, 0) is 15.1 Å². The Balaban J connectivity index is 1.38. The summed E-state index contributed by atoms with van der Waals surface area (Å²) in [6.07, 6.45) is 8.29. The minimum absolute atomic E-state index is 0.0976. The maximum Gasteiger partial charge on any atom is 0.347 e. The van der Waals surface area contributed by atoms with Crippen molar-refractivity contribution in [3.05, 3.63) is 71.8 Å². The monoisotopic (exact) mass is 406 g/mol. The van der Waals surface area contributed by atoms with Crippen molar-refractivity contribution < 1.29 is 19.1 Å². The largest absolute Gasteiger partial charge is 0.459 e. The zero-order valence-corrected chi connectivity index (χ0v) is 17.6. The third-order valence-corrected chi connectivity index (χ3v) is 7.96. The number of ether oxygens (including phenoxy) is 1. The van der Waals surface area contributed by atoms with Crippen LogP contribution in [0.1, 0.15) is 56.1 Å². The van der Waals surface area contributed by atoms with Gasteiger partial charge in [-0.1, -0.05) is 60.7 Å². The van der Waals surface area contributed by atoms with E-state index in [1.54, 1.807) is 24.3 Å². The van der Waals surface area contributed by atoms with Crippen LogP contribution in [0.4, 0.5) is 0 Å². The molecule has 0 amide bonds. The second kappa shape index (κ2) is 7.82. The highest BCUT2D eigenvalue weighted by atomic mass is 16.6. The molecule has 2 unspecified atom stereocenters. The Hall–Kier alpha value is -2.17. The van der Waals surface area contributed by atoms with Crippen molar-refractivity contribution in [3.8, 4) is 0 Å². The van der Waals surface area contributed by atoms with Gasteiger partial charge in [0.15, 0.2) is 0 Å². The number of carbonyl (C=O) groups excluding carboxylic acids is 1. The van der Waals surface area contributed by atoms with Crippen LogP contribution >= 0.6 is 0 Å². The molecule has 30 heavy (non-hydrogen) atoms. The number of quaternary nitrogens is 1. The number of esters is 1. The van der Waals surface area contributed by atoms with Gasteiger partial charge in [0, 0.05) is 25.7 Å². The Kier molecular flexibility index (Phi) is 5.16. The highest BCUT2D eigenvalue weighted by molar-refractivity contribution is 5.85. The van der Waals surface area contributed by atoms with Gasteiger partial charge in [0.1, 0.15) is 6.10 Å². The van der Waals surface area contributed by atoms with Crippen LogP contribution in [0.25, 0.3) is 0 Å². The summed E-state index contributed by atoms with van der Waals surface area (Å²) in [6.45, 7) is 2.60. The number of piperidine rings is 2. The van der Waals surface area contributed by atoms with Gasteiger partial charge in [0.25, 0.3) is 0 Å². The van der Waals surface area contributed by atoms with Gasteiger partial charge in [-0.3, -0.25) is 0 Å². The van der Waals surface area contributed by atoms with E-state index in [-0.39, 0.29) is 6.10 Å². The quantitative estimate of drug-likeness (QED) is 0.613. The van der Waals surface area contributed by atoms with Gasteiger partial charge in [-0.25, -0.2) is 4.79 Å². The van der Waals surface area contributed by atoms with E-state index in [2.05, 4.69) is 0 Å². The molecule has 2 bridgehead atoms. The molecule has 1 N–H and O–H groups in total. The lowest BCUT2D eigenvalue weighted by molar-refractivity contribution is -0.970. The zero-order chi connectivity index (χ0) is 20.6. The first-order valence-electron chi connectivity index (χ1n) is 11.5. The van der Waals surface area contributed by atoms with Crippen LogP contribution in [0.3, 0.4) is 0 Å². The van der Waals surface area contributed by atoms with Gasteiger partial charge in [-0.2, -0.15) is 0 Å². The second-order valence-electron chi connectivity index (χ2n) is 9.44. The van der Waals surface area contributed by atoms with E-state index in [1.165, 1.54) is 49.7 Å². The van der Waals surface area contributed by atoms with Gasteiger partial charge in [0.05, 0.1) is 25.2 Å². The highest BCUT2D eigenvalue weighted by Crippen LogP contribution is 2.46. The first kappa shape index (κ1) is 19.8. The normalized spacial score (nSPS) is 27.7. The Morgan fingerprint density at radius 3 is 1.83 bits per heavy atom. The van der Waals surface area contributed by atoms with Crippen molar-refractivity contribution in [1.82, 2.24) is 0 Å². The molecule has 3 fully saturated rings. The van der Waals surface area contributed by atoms with Crippen LogP contribution in [0.15, 0.2) is 60.7 Å². The Morgan fingerprint density at radius 1 is 0.833 bits per heavy atom. The maximum absolute atomic E-state index is 13.5. The van der Waals surface area contributed by atoms with Crippen molar-refractivity contribution in [2.45, 2.75) is 68.7 Å². The molecule has 3 heterocycles. The van der Waals surface area contributed by atoms with Gasteiger partial charge >= 0.3 is 5.97 Å². The molecule has 1 spiro atoms. The van der Waals surface area contributed by atoms with Gasteiger partial charge < -0.3 is 14.3 Å². The molecule has 0 saturated carbocycles. The Morgan fingerprint density at radius 2 is 1.33 bits per heavy atom. The summed E-state index contributed by atoms with van der Waals surface area (Å²) in [5.74, 6) is -0.545. The van der Waals surface area contributed by atoms with Gasteiger partial charge in [0.2, 0.25) is 5.60 Å². The fraction of sp³-hybridized carbons (Fsp3) is 0.500. The van der Waals surface area contributed by atoms with Crippen LogP contribution in [0.2, 0.25) is 0 Å². The molecule has 3 aliphatic rings. The van der Waals surface area contributed by atoms with E-state index < -0.39 is 11.6 Å². The number of benzene rings is 2. The van der Waals surface area contributed by atoms with E-state index >= 15 is 0 Å². The summed E-state index contributed by atoms with van der Waals surface area (Å²) in [6, 6.07) is 19.6. The lowest BCUT2D eigenvalue weighted by Crippen LogP contribution is -2.63. The lowest BCUT2D eigenvalue weighted by Gasteiger charge is -2.51. The first-order valence-corrected chi connectivity index (χ1v) is 11.5. The highest BCUT2D eigenvalue weighted by Gasteiger charge is 2.55. The standard InChI is InChI=1S/C26H32NO3/c28-25(26(29,20-10-4-1-5-11-20)21-12-6-2-7-13-21)30-24-18-22-14-15-23(19-24)27(22)16-8-3-9-17-27/h1-2,4-7,10-13,22-24,29H,3,8-9,14-19H2/q+1. The number of nitrogens with zero attached hydrogens (tertiary/aromatic N) is 1. The van der Waals surface area contributed by atoms with Crippen LogP contribution in [0.5, 0.6) is 0 Å². The third-order valence-electron chi connectivity index (χ3n) is 7.96. The lowest BCUT2D eigenvalue weighted by atomic mass is 9.86. The predicted octanol–water partition coefficient (Wildman–Crippen LogP) is 4.16. The molecule has 4 heteroatoms. The van der Waals surface area contributed by atoms with Crippen molar-refractivity contribution in [2.75, 3.05) is 13.1 Å². The van der Waals surface area contributed by atoms with Crippen LogP contribution in [-0.4, -0.2) is 46.8 Å². The van der Waals surface area contributed by atoms with E-state index in [1.807, 2.05) is 36.4 Å². The summed E-state index contributed by atoms with van der Waals surface area (Å²) in [4.78, 5) is 13.5. The molecule has 4 nitrogen and oxygen atoms in total. The number of hydrogen-bond donors (Lipinski definition) is 1. The molecule has 3 saturated heterocycles. The Labute approximate surface area is 179 Å². The van der Waals surface area contributed by atoms with Crippen molar-refractivity contribution >= 4 is 5.97 Å². The van der Waals surface area contributed by atoms with E-state index in [4.69, 9.17) is 4.74 Å². The molecule has 0 aliphatic carbocycles. The summed E-state index contributed by atoms with van der Waals surface area (Å²) in [5.41, 5.74) is -0.671. The average Bonchev–Trinajstić information content (AvgIpc) is 2.97. The Bertz CT molecular complexity index is 820. The molecular weight excluding hydrogens is 374 g/mol.